The van der Waals surface area contributed by atoms with Crippen molar-refractivity contribution in [3.8, 4) is 0 Å². The van der Waals surface area contributed by atoms with E-state index < -0.39 is 10.8 Å². The van der Waals surface area contributed by atoms with Gasteiger partial charge in [0.15, 0.2) is 5.11 Å². The van der Waals surface area contributed by atoms with Crippen LogP contribution >= 0.6 is 12.2 Å². The zero-order valence-corrected chi connectivity index (χ0v) is 13.9. The Kier molecular flexibility index (Phi) is 5.43. The molecule has 8 heteroatoms. The topological polar surface area (TPSA) is 96.3 Å². The van der Waals surface area contributed by atoms with Crippen molar-refractivity contribution in [3.05, 3.63) is 69.3 Å². The van der Waals surface area contributed by atoms with Gasteiger partial charge in [0.1, 0.15) is 0 Å². The van der Waals surface area contributed by atoms with E-state index in [0.29, 0.717) is 0 Å². The Morgan fingerprint density at radius 2 is 1.75 bits per heavy atom. The Morgan fingerprint density at radius 1 is 1.08 bits per heavy atom. The fourth-order valence-electron chi connectivity index (χ4n) is 1.94. The molecule has 0 aromatic heterocycles. The molecule has 0 aliphatic rings. The highest BCUT2D eigenvalue weighted by Crippen LogP contribution is 2.16. The number of hydrogen-bond acceptors (Lipinski definition) is 4. The molecule has 2 aromatic carbocycles. The second-order valence-electron chi connectivity index (χ2n) is 5.16. The fraction of sp³-hybridized carbons (Fsp3) is 0.125. The van der Waals surface area contributed by atoms with Gasteiger partial charge in [0.25, 0.3) is 11.6 Å². The number of nitrogens with zero attached hydrogens (tertiary/aromatic N) is 1. The summed E-state index contributed by atoms with van der Waals surface area (Å²) in [5.74, 6) is -0.449. The molecular weight excluding hydrogens is 328 g/mol. The summed E-state index contributed by atoms with van der Waals surface area (Å²) in [6.07, 6.45) is 0. The van der Waals surface area contributed by atoms with Gasteiger partial charge in [0.2, 0.25) is 0 Å². The number of benzene rings is 2. The molecule has 2 aromatic rings. The molecule has 0 saturated heterocycles. The van der Waals surface area contributed by atoms with Crippen LogP contribution in [0, 0.1) is 24.0 Å². The van der Waals surface area contributed by atoms with Crippen LogP contribution in [0.1, 0.15) is 21.5 Å². The van der Waals surface area contributed by atoms with Crippen molar-refractivity contribution in [2.75, 3.05) is 5.32 Å². The number of hydrazine groups is 1. The first kappa shape index (κ1) is 17.4. The van der Waals surface area contributed by atoms with E-state index in [4.69, 9.17) is 12.2 Å². The fourth-order valence-corrected chi connectivity index (χ4v) is 2.11. The first-order valence-electron chi connectivity index (χ1n) is 7.06. The smallest absolute Gasteiger partial charge is 0.269 e. The van der Waals surface area contributed by atoms with Crippen LogP contribution in [0.5, 0.6) is 0 Å². The van der Waals surface area contributed by atoms with Gasteiger partial charge in [0, 0.05) is 23.4 Å². The van der Waals surface area contributed by atoms with E-state index in [9.17, 15) is 14.9 Å². The van der Waals surface area contributed by atoms with Crippen molar-refractivity contribution in [2.24, 2.45) is 0 Å². The lowest BCUT2D eigenvalue weighted by Gasteiger charge is -2.13. The van der Waals surface area contributed by atoms with E-state index >= 15 is 0 Å². The van der Waals surface area contributed by atoms with E-state index in [-0.39, 0.29) is 16.4 Å². The van der Waals surface area contributed by atoms with Crippen molar-refractivity contribution in [1.82, 2.24) is 10.9 Å². The number of rotatable bonds is 3. The van der Waals surface area contributed by atoms with Crippen molar-refractivity contribution in [2.45, 2.75) is 13.8 Å². The largest absolute Gasteiger partial charge is 0.331 e. The number of carbonyl (C=O) groups is 1. The number of thiocarbonyl (C=S) groups is 1. The van der Waals surface area contributed by atoms with Crippen LogP contribution in [0.3, 0.4) is 0 Å². The quantitative estimate of drug-likeness (QED) is 0.450. The van der Waals surface area contributed by atoms with Gasteiger partial charge in [-0.3, -0.25) is 25.8 Å². The summed E-state index contributed by atoms with van der Waals surface area (Å²) < 4.78 is 0. The number of hydrogen-bond donors (Lipinski definition) is 3. The van der Waals surface area contributed by atoms with Gasteiger partial charge < -0.3 is 5.32 Å². The van der Waals surface area contributed by atoms with E-state index in [1.807, 2.05) is 32.0 Å². The average molecular weight is 344 g/mol. The molecule has 0 heterocycles. The molecule has 0 saturated carbocycles. The molecule has 24 heavy (non-hydrogen) atoms. The lowest BCUT2D eigenvalue weighted by atomic mass is 10.1. The van der Waals surface area contributed by atoms with Crippen LogP contribution in [0.25, 0.3) is 0 Å². The number of anilines is 1. The first-order valence-corrected chi connectivity index (χ1v) is 7.46. The molecule has 1 amide bonds. The summed E-state index contributed by atoms with van der Waals surface area (Å²) in [5, 5.41) is 13.8. The summed E-state index contributed by atoms with van der Waals surface area (Å²) >= 11 is 5.14. The Hall–Kier alpha value is -3.00. The lowest BCUT2D eigenvalue weighted by Crippen LogP contribution is -2.43. The van der Waals surface area contributed by atoms with Crippen LogP contribution in [-0.2, 0) is 0 Å². The van der Waals surface area contributed by atoms with Gasteiger partial charge >= 0.3 is 0 Å². The number of carbonyl (C=O) groups excluding carboxylic acids is 1. The second kappa shape index (κ2) is 7.51. The molecule has 0 spiro atoms. The lowest BCUT2D eigenvalue weighted by molar-refractivity contribution is -0.384. The van der Waals surface area contributed by atoms with Crippen molar-refractivity contribution < 1.29 is 9.72 Å². The molecule has 7 nitrogen and oxygen atoms in total. The third kappa shape index (κ3) is 4.50. The number of non-ortho nitro benzene ring substituents is 1. The average Bonchev–Trinajstić information content (AvgIpc) is 2.56. The summed E-state index contributed by atoms with van der Waals surface area (Å²) in [6, 6.07) is 11.2. The van der Waals surface area contributed by atoms with E-state index in [2.05, 4.69) is 16.2 Å². The summed E-state index contributed by atoms with van der Waals surface area (Å²) in [7, 11) is 0. The number of aryl methyl sites for hydroxylation is 2. The van der Waals surface area contributed by atoms with Gasteiger partial charge in [-0.05, 0) is 55.4 Å². The van der Waals surface area contributed by atoms with Crippen LogP contribution < -0.4 is 16.2 Å². The van der Waals surface area contributed by atoms with Crippen molar-refractivity contribution in [3.63, 3.8) is 0 Å². The Bertz CT molecular complexity index is 790. The molecule has 124 valence electrons. The SMILES string of the molecule is Cc1ccc(C)c(NC(=S)NNC(=O)c2ccc([N+](=O)[O-])cc2)c1. The number of nitrogens with one attached hydrogen (secondary N) is 3. The second-order valence-corrected chi connectivity index (χ2v) is 5.56. The monoisotopic (exact) mass is 344 g/mol. The van der Waals surface area contributed by atoms with Crippen LogP contribution in [0.4, 0.5) is 11.4 Å². The molecule has 0 radical (unpaired) electrons. The molecule has 3 N–H and O–H groups in total. The number of nitro groups is 1. The van der Waals surface area contributed by atoms with E-state index in [1.165, 1.54) is 24.3 Å². The Balaban J connectivity index is 1.92. The minimum atomic E-state index is -0.525. The van der Waals surface area contributed by atoms with Gasteiger partial charge in [-0.25, -0.2) is 0 Å². The van der Waals surface area contributed by atoms with Gasteiger partial charge in [0.05, 0.1) is 4.92 Å². The standard InChI is InChI=1S/C16H16N4O3S/c1-10-3-4-11(2)14(9-10)17-16(24)19-18-15(21)12-5-7-13(8-6-12)20(22)23/h3-9H,1-2H3,(H,18,21)(H2,17,19,24). The van der Waals surface area contributed by atoms with Crippen LogP contribution in [0.2, 0.25) is 0 Å². The van der Waals surface area contributed by atoms with Crippen LogP contribution in [-0.4, -0.2) is 15.9 Å². The molecule has 0 aliphatic heterocycles. The molecule has 0 bridgehead atoms. The maximum absolute atomic E-state index is 12.0. The molecule has 0 fully saturated rings. The molecular formula is C16H16N4O3S. The van der Waals surface area contributed by atoms with Crippen LogP contribution in [0.15, 0.2) is 42.5 Å². The summed E-state index contributed by atoms with van der Waals surface area (Å²) in [6.45, 7) is 3.91. The predicted octanol–water partition coefficient (Wildman–Crippen LogP) is 2.84. The maximum atomic E-state index is 12.0. The first-order chi connectivity index (χ1) is 11.4. The molecule has 0 unspecified atom stereocenters. The van der Waals surface area contributed by atoms with Gasteiger partial charge in [-0.15, -0.1) is 0 Å². The van der Waals surface area contributed by atoms with E-state index in [0.717, 1.165) is 16.8 Å². The number of nitro benzene ring substituents is 1. The third-order valence-corrected chi connectivity index (χ3v) is 3.48. The minimum Gasteiger partial charge on any atom is -0.331 e. The highest BCUT2D eigenvalue weighted by atomic mass is 32.1. The highest BCUT2D eigenvalue weighted by Gasteiger charge is 2.09. The molecule has 2 rings (SSSR count). The zero-order chi connectivity index (χ0) is 17.7. The Morgan fingerprint density at radius 3 is 2.38 bits per heavy atom. The zero-order valence-electron chi connectivity index (χ0n) is 13.1. The van der Waals surface area contributed by atoms with Crippen molar-refractivity contribution >= 4 is 34.6 Å². The van der Waals surface area contributed by atoms with Gasteiger partial charge in [-0.1, -0.05) is 12.1 Å². The Labute approximate surface area is 144 Å². The molecule has 0 atom stereocenters. The number of amides is 1. The third-order valence-electron chi connectivity index (χ3n) is 3.27. The minimum absolute atomic E-state index is 0.0772. The summed E-state index contributed by atoms with van der Waals surface area (Å²) in [4.78, 5) is 22.0. The summed E-state index contributed by atoms with van der Waals surface area (Å²) in [5.41, 5.74) is 8.19. The van der Waals surface area contributed by atoms with E-state index in [1.54, 1.807) is 0 Å². The van der Waals surface area contributed by atoms with Gasteiger partial charge in [-0.2, -0.15) is 0 Å². The predicted molar refractivity (Wildman–Crippen MR) is 95.8 cm³/mol. The molecule has 0 aliphatic carbocycles. The van der Waals surface area contributed by atoms with Crippen molar-refractivity contribution in [1.29, 1.82) is 0 Å². The normalized spacial score (nSPS) is 9.92. The maximum Gasteiger partial charge on any atom is 0.269 e. The highest BCUT2D eigenvalue weighted by molar-refractivity contribution is 7.80.